The SMILES string of the molecule is COc1ccnc(N2CCN(S(=O)(=O)C(C)C)CC2)n1. The molecule has 1 aliphatic heterocycles. The molecule has 0 amide bonds. The van der Waals surface area contributed by atoms with Gasteiger partial charge in [-0.05, 0) is 13.8 Å². The molecule has 0 radical (unpaired) electrons. The molecule has 0 N–H and O–H groups in total. The number of piperazine rings is 1. The van der Waals surface area contributed by atoms with Crippen LogP contribution in [0.25, 0.3) is 0 Å². The molecule has 0 spiro atoms. The Kier molecular flexibility index (Phi) is 4.44. The highest BCUT2D eigenvalue weighted by atomic mass is 32.2. The molecule has 20 heavy (non-hydrogen) atoms. The Morgan fingerprint density at radius 1 is 1.25 bits per heavy atom. The number of methoxy groups -OCH3 is 1. The van der Waals surface area contributed by atoms with E-state index in [2.05, 4.69) is 9.97 Å². The fourth-order valence-electron chi connectivity index (χ4n) is 2.04. The first-order valence-corrected chi connectivity index (χ1v) is 8.06. The second kappa shape index (κ2) is 5.92. The lowest BCUT2D eigenvalue weighted by Crippen LogP contribution is -2.50. The van der Waals surface area contributed by atoms with E-state index < -0.39 is 10.0 Å². The zero-order chi connectivity index (χ0) is 14.8. The van der Waals surface area contributed by atoms with Gasteiger partial charge in [-0.3, -0.25) is 0 Å². The van der Waals surface area contributed by atoms with Crippen LogP contribution < -0.4 is 9.64 Å². The van der Waals surface area contributed by atoms with E-state index in [1.54, 1.807) is 33.2 Å². The number of rotatable bonds is 4. The van der Waals surface area contributed by atoms with Gasteiger partial charge < -0.3 is 9.64 Å². The summed E-state index contributed by atoms with van der Waals surface area (Å²) in [5, 5.41) is -0.387. The molecule has 1 aromatic rings. The third-order valence-corrected chi connectivity index (χ3v) is 5.58. The maximum absolute atomic E-state index is 12.1. The number of aromatic nitrogens is 2. The molecule has 0 unspecified atom stereocenters. The Hall–Kier alpha value is -1.41. The Morgan fingerprint density at radius 3 is 2.45 bits per heavy atom. The Bertz CT molecular complexity index is 554. The molecule has 0 aliphatic carbocycles. The Balaban J connectivity index is 2.04. The van der Waals surface area contributed by atoms with Crippen molar-refractivity contribution in [1.29, 1.82) is 0 Å². The van der Waals surface area contributed by atoms with Crippen molar-refractivity contribution in [3.8, 4) is 5.88 Å². The van der Waals surface area contributed by atoms with Gasteiger partial charge in [0.15, 0.2) is 0 Å². The zero-order valence-electron chi connectivity index (χ0n) is 12.0. The first-order chi connectivity index (χ1) is 9.45. The van der Waals surface area contributed by atoms with Crippen molar-refractivity contribution >= 4 is 16.0 Å². The van der Waals surface area contributed by atoms with Crippen molar-refractivity contribution in [2.45, 2.75) is 19.1 Å². The number of ether oxygens (including phenoxy) is 1. The summed E-state index contributed by atoms with van der Waals surface area (Å²) in [4.78, 5) is 10.4. The number of nitrogens with zero attached hydrogens (tertiary/aromatic N) is 4. The third kappa shape index (κ3) is 3.01. The van der Waals surface area contributed by atoms with Crippen LogP contribution in [0.4, 0.5) is 5.95 Å². The molecule has 2 heterocycles. The molecular weight excluding hydrogens is 280 g/mol. The van der Waals surface area contributed by atoms with Gasteiger partial charge in [-0.25, -0.2) is 13.4 Å². The summed E-state index contributed by atoms with van der Waals surface area (Å²) in [6.07, 6.45) is 1.64. The highest BCUT2D eigenvalue weighted by Gasteiger charge is 2.30. The monoisotopic (exact) mass is 300 g/mol. The topological polar surface area (TPSA) is 75.6 Å². The molecule has 0 aromatic carbocycles. The molecule has 1 aromatic heterocycles. The molecule has 1 aliphatic rings. The fraction of sp³-hybridized carbons (Fsp3) is 0.667. The van der Waals surface area contributed by atoms with Crippen molar-refractivity contribution in [1.82, 2.24) is 14.3 Å². The molecule has 8 heteroatoms. The van der Waals surface area contributed by atoms with Crippen LogP contribution in [0, 0.1) is 0 Å². The predicted octanol–water partition coefficient (Wildman–Crippen LogP) is 0.345. The lowest BCUT2D eigenvalue weighted by molar-refractivity contribution is 0.374. The summed E-state index contributed by atoms with van der Waals surface area (Å²) in [5.41, 5.74) is 0. The van der Waals surface area contributed by atoms with Crippen LogP contribution in [0.3, 0.4) is 0 Å². The van der Waals surface area contributed by atoms with Crippen LogP contribution in [0.5, 0.6) is 5.88 Å². The lowest BCUT2D eigenvalue weighted by atomic mass is 10.4. The average molecular weight is 300 g/mol. The average Bonchev–Trinajstić information content (AvgIpc) is 2.47. The van der Waals surface area contributed by atoms with Crippen LogP contribution in [0.15, 0.2) is 12.3 Å². The van der Waals surface area contributed by atoms with Gasteiger partial charge in [-0.15, -0.1) is 0 Å². The number of sulfonamides is 1. The van der Waals surface area contributed by atoms with E-state index >= 15 is 0 Å². The minimum atomic E-state index is -3.18. The van der Waals surface area contributed by atoms with E-state index in [0.717, 1.165) is 0 Å². The summed E-state index contributed by atoms with van der Waals surface area (Å²) in [7, 11) is -1.62. The first-order valence-electron chi connectivity index (χ1n) is 6.56. The van der Waals surface area contributed by atoms with E-state index in [4.69, 9.17) is 4.74 Å². The highest BCUT2D eigenvalue weighted by molar-refractivity contribution is 7.89. The van der Waals surface area contributed by atoms with Gasteiger partial charge in [-0.2, -0.15) is 9.29 Å². The van der Waals surface area contributed by atoms with E-state index in [1.165, 1.54) is 4.31 Å². The van der Waals surface area contributed by atoms with Crippen molar-refractivity contribution < 1.29 is 13.2 Å². The third-order valence-electron chi connectivity index (χ3n) is 3.30. The first kappa shape index (κ1) is 15.0. The van der Waals surface area contributed by atoms with Crippen molar-refractivity contribution in [3.63, 3.8) is 0 Å². The normalized spacial score (nSPS) is 17.5. The van der Waals surface area contributed by atoms with Crippen LogP contribution >= 0.6 is 0 Å². The van der Waals surface area contributed by atoms with E-state index in [1.807, 2.05) is 4.90 Å². The van der Waals surface area contributed by atoms with Crippen molar-refractivity contribution in [2.24, 2.45) is 0 Å². The second-order valence-corrected chi connectivity index (χ2v) is 7.37. The van der Waals surface area contributed by atoms with E-state index in [0.29, 0.717) is 38.0 Å². The van der Waals surface area contributed by atoms with E-state index in [9.17, 15) is 8.42 Å². The molecule has 0 atom stereocenters. The van der Waals surface area contributed by atoms with Crippen molar-refractivity contribution in [3.05, 3.63) is 12.3 Å². The predicted molar refractivity (Wildman–Crippen MR) is 76.4 cm³/mol. The molecule has 0 saturated carbocycles. The Labute approximate surface area is 119 Å². The summed E-state index contributed by atoms with van der Waals surface area (Å²) >= 11 is 0. The maximum atomic E-state index is 12.1. The van der Waals surface area contributed by atoms with Crippen LogP contribution in [0.2, 0.25) is 0 Å². The Morgan fingerprint density at radius 2 is 1.90 bits per heavy atom. The smallest absolute Gasteiger partial charge is 0.228 e. The van der Waals surface area contributed by atoms with Gasteiger partial charge in [0.25, 0.3) is 0 Å². The fourth-order valence-corrected chi connectivity index (χ4v) is 3.31. The lowest BCUT2D eigenvalue weighted by Gasteiger charge is -2.34. The standard InChI is InChI=1S/C12H20N4O3S/c1-10(2)20(17,18)16-8-6-15(7-9-16)12-13-5-4-11(14-12)19-3/h4-5,10H,6-9H2,1-3H3. The molecule has 2 rings (SSSR count). The van der Waals surface area contributed by atoms with Crippen LogP contribution in [0.1, 0.15) is 13.8 Å². The minimum Gasteiger partial charge on any atom is -0.481 e. The highest BCUT2D eigenvalue weighted by Crippen LogP contribution is 2.17. The molecule has 1 fully saturated rings. The molecule has 112 valence electrons. The van der Waals surface area contributed by atoms with Crippen LogP contribution in [-0.2, 0) is 10.0 Å². The summed E-state index contributed by atoms with van der Waals surface area (Å²) in [6.45, 7) is 5.49. The maximum Gasteiger partial charge on any atom is 0.228 e. The van der Waals surface area contributed by atoms with Gasteiger partial charge in [0.2, 0.25) is 21.9 Å². The van der Waals surface area contributed by atoms with E-state index in [-0.39, 0.29) is 5.25 Å². The molecule has 7 nitrogen and oxygen atoms in total. The largest absolute Gasteiger partial charge is 0.481 e. The summed E-state index contributed by atoms with van der Waals surface area (Å²) in [5.74, 6) is 1.08. The summed E-state index contributed by atoms with van der Waals surface area (Å²) < 4.78 is 30.8. The van der Waals surface area contributed by atoms with Gasteiger partial charge >= 0.3 is 0 Å². The van der Waals surface area contributed by atoms with Gasteiger partial charge in [0, 0.05) is 38.4 Å². The van der Waals surface area contributed by atoms with Gasteiger partial charge in [0.05, 0.1) is 12.4 Å². The number of anilines is 1. The van der Waals surface area contributed by atoms with Gasteiger partial charge in [-0.1, -0.05) is 0 Å². The number of hydrogen-bond acceptors (Lipinski definition) is 6. The summed E-state index contributed by atoms with van der Waals surface area (Å²) in [6, 6.07) is 1.68. The van der Waals surface area contributed by atoms with Crippen molar-refractivity contribution in [2.75, 3.05) is 38.2 Å². The molecular formula is C12H20N4O3S. The second-order valence-electron chi connectivity index (χ2n) is 4.88. The quantitative estimate of drug-likeness (QED) is 0.798. The molecule has 1 saturated heterocycles. The van der Waals surface area contributed by atoms with Gasteiger partial charge in [0.1, 0.15) is 0 Å². The number of hydrogen-bond donors (Lipinski definition) is 0. The zero-order valence-corrected chi connectivity index (χ0v) is 12.8. The minimum absolute atomic E-state index is 0.387. The molecule has 0 bridgehead atoms. The van der Waals surface area contributed by atoms with Crippen LogP contribution in [-0.4, -0.2) is 61.2 Å².